The molecule has 9 heteroatoms. The molecular formula is C19H14FNO6S. The van der Waals surface area contributed by atoms with Gasteiger partial charge in [-0.2, -0.15) is 0 Å². The molecule has 1 heterocycles. The van der Waals surface area contributed by atoms with Gasteiger partial charge in [0.15, 0.2) is 11.5 Å². The third-order valence-corrected chi connectivity index (χ3v) is 4.83. The van der Waals surface area contributed by atoms with E-state index < -0.39 is 22.9 Å². The molecule has 144 valence electrons. The van der Waals surface area contributed by atoms with Gasteiger partial charge in [-0.25, -0.2) is 14.1 Å². The third-order valence-electron chi connectivity index (χ3n) is 3.97. The largest absolute Gasteiger partial charge is 0.493 e. The van der Waals surface area contributed by atoms with Gasteiger partial charge < -0.3 is 14.6 Å². The molecule has 1 aliphatic rings. The van der Waals surface area contributed by atoms with Crippen molar-refractivity contribution in [2.24, 2.45) is 0 Å². The van der Waals surface area contributed by atoms with Gasteiger partial charge in [-0.05, 0) is 41.6 Å². The summed E-state index contributed by atoms with van der Waals surface area (Å²) in [5.74, 6) is -2.57. The van der Waals surface area contributed by atoms with Gasteiger partial charge in [0, 0.05) is 0 Å². The lowest BCUT2D eigenvalue weighted by molar-refractivity contribution is -0.113. The number of carboxylic acids is 1. The summed E-state index contributed by atoms with van der Waals surface area (Å²) in [4.78, 5) is 37.4. The lowest BCUT2D eigenvalue weighted by Gasteiger charge is -2.13. The molecule has 2 aromatic carbocycles. The van der Waals surface area contributed by atoms with Crippen LogP contribution in [0.3, 0.4) is 0 Å². The van der Waals surface area contributed by atoms with Crippen molar-refractivity contribution in [3.05, 3.63) is 58.2 Å². The van der Waals surface area contributed by atoms with Crippen molar-refractivity contribution in [2.75, 3.05) is 19.1 Å². The molecule has 1 N–H and O–H groups in total. The number of amides is 2. The number of anilines is 1. The first-order valence-electron chi connectivity index (χ1n) is 7.89. The number of benzene rings is 2. The average molecular weight is 403 g/mol. The highest BCUT2D eigenvalue weighted by Gasteiger charge is 2.38. The first kappa shape index (κ1) is 19.4. The van der Waals surface area contributed by atoms with Crippen LogP contribution in [0, 0.1) is 5.82 Å². The highest BCUT2D eigenvalue weighted by molar-refractivity contribution is 8.19. The quantitative estimate of drug-likeness (QED) is 0.760. The van der Waals surface area contributed by atoms with E-state index in [1.807, 2.05) is 0 Å². The van der Waals surface area contributed by atoms with Gasteiger partial charge in [0.05, 0.1) is 24.8 Å². The van der Waals surface area contributed by atoms with E-state index in [2.05, 4.69) is 0 Å². The number of ether oxygens (including phenoxy) is 2. The lowest BCUT2D eigenvalue weighted by Crippen LogP contribution is -2.28. The third kappa shape index (κ3) is 3.31. The number of methoxy groups -OCH3 is 2. The van der Waals surface area contributed by atoms with Crippen molar-refractivity contribution in [2.45, 2.75) is 0 Å². The zero-order valence-electron chi connectivity index (χ0n) is 14.8. The number of carboxylic acid groups (broad SMARTS) is 1. The number of para-hydroxylation sites is 1. The second-order valence-corrected chi connectivity index (χ2v) is 6.53. The first-order valence-corrected chi connectivity index (χ1v) is 8.71. The number of carbonyl (C=O) groups is 3. The Hall–Kier alpha value is -3.33. The number of imide groups is 1. The molecule has 0 aromatic heterocycles. The molecule has 1 fully saturated rings. The Kier molecular flexibility index (Phi) is 5.36. The van der Waals surface area contributed by atoms with E-state index in [0.29, 0.717) is 16.7 Å². The summed E-state index contributed by atoms with van der Waals surface area (Å²) in [7, 11) is 2.66. The highest BCUT2D eigenvalue weighted by atomic mass is 32.2. The van der Waals surface area contributed by atoms with Crippen LogP contribution in [0.1, 0.15) is 15.9 Å². The number of nitrogens with zero attached hydrogens (tertiary/aromatic N) is 1. The van der Waals surface area contributed by atoms with Crippen molar-refractivity contribution < 1.29 is 33.4 Å². The molecular weight excluding hydrogens is 389 g/mol. The molecule has 1 saturated heterocycles. The number of carbonyl (C=O) groups excluding carboxylic acids is 2. The van der Waals surface area contributed by atoms with Crippen LogP contribution in [-0.2, 0) is 4.79 Å². The minimum atomic E-state index is -1.30. The van der Waals surface area contributed by atoms with Crippen LogP contribution in [-0.4, -0.2) is 36.4 Å². The molecule has 2 aromatic rings. The Bertz CT molecular complexity index is 1020. The molecule has 0 aliphatic carbocycles. The summed E-state index contributed by atoms with van der Waals surface area (Å²) in [5.41, 5.74) is -0.247. The summed E-state index contributed by atoms with van der Waals surface area (Å²) < 4.78 is 24.2. The summed E-state index contributed by atoms with van der Waals surface area (Å²) >= 11 is 0.591. The molecule has 0 unspecified atom stereocenters. The van der Waals surface area contributed by atoms with E-state index >= 15 is 0 Å². The Labute approximate surface area is 163 Å². The maximum Gasteiger partial charge on any atom is 0.340 e. The lowest BCUT2D eigenvalue weighted by atomic mass is 10.0. The van der Waals surface area contributed by atoms with Gasteiger partial charge in [-0.3, -0.25) is 9.59 Å². The predicted octanol–water partition coefficient (Wildman–Crippen LogP) is 3.78. The first-order chi connectivity index (χ1) is 13.4. The monoisotopic (exact) mass is 403 g/mol. The van der Waals surface area contributed by atoms with Crippen molar-refractivity contribution in [3.8, 4) is 11.5 Å². The second-order valence-electron chi connectivity index (χ2n) is 5.54. The van der Waals surface area contributed by atoms with E-state index in [1.54, 1.807) is 0 Å². The molecule has 0 saturated carbocycles. The molecule has 0 radical (unpaired) electrons. The Morgan fingerprint density at radius 2 is 1.86 bits per heavy atom. The van der Waals surface area contributed by atoms with Crippen LogP contribution in [0.15, 0.2) is 41.3 Å². The molecule has 1 aliphatic heterocycles. The molecule has 0 atom stereocenters. The summed E-state index contributed by atoms with van der Waals surface area (Å²) in [5, 5.41) is 8.89. The molecule has 2 amide bonds. The molecule has 3 rings (SSSR count). The number of thioether (sulfide) groups is 1. The van der Waals surface area contributed by atoms with E-state index in [1.165, 1.54) is 50.6 Å². The van der Waals surface area contributed by atoms with Gasteiger partial charge >= 0.3 is 5.97 Å². The maximum atomic E-state index is 14.0. The fourth-order valence-corrected chi connectivity index (χ4v) is 3.56. The van der Waals surface area contributed by atoms with Crippen molar-refractivity contribution in [1.29, 1.82) is 0 Å². The number of hydrogen-bond donors (Lipinski definition) is 1. The Morgan fingerprint density at radius 3 is 2.46 bits per heavy atom. The topological polar surface area (TPSA) is 93.1 Å². The van der Waals surface area contributed by atoms with Crippen molar-refractivity contribution in [1.82, 2.24) is 0 Å². The van der Waals surface area contributed by atoms with Gasteiger partial charge in [0.25, 0.3) is 11.1 Å². The van der Waals surface area contributed by atoms with Crippen LogP contribution >= 0.6 is 11.8 Å². The van der Waals surface area contributed by atoms with Crippen molar-refractivity contribution in [3.63, 3.8) is 0 Å². The maximum absolute atomic E-state index is 14.0. The molecule has 0 bridgehead atoms. The van der Waals surface area contributed by atoms with E-state index in [0.717, 1.165) is 6.07 Å². The predicted molar refractivity (Wildman–Crippen MR) is 101 cm³/mol. The van der Waals surface area contributed by atoms with Crippen LogP contribution in [0.25, 0.3) is 6.08 Å². The smallest absolute Gasteiger partial charge is 0.340 e. The van der Waals surface area contributed by atoms with Gasteiger partial charge in [-0.15, -0.1) is 0 Å². The summed E-state index contributed by atoms with van der Waals surface area (Å²) in [6.45, 7) is 0. The highest BCUT2D eigenvalue weighted by Crippen LogP contribution is 2.39. The zero-order chi connectivity index (χ0) is 20.4. The number of hydrogen-bond acceptors (Lipinski definition) is 6. The van der Waals surface area contributed by atoms with Crippen LogP contribution in [0.5, 0.6) is 11.5 Å². The standard InChI is InChI=1S/C19H14FNO6S/c1-26-13-8-7-10(15(18(23)24)16(13)27-2)9-14-17(22)21(19(25)28-14)12-6-4-3-5-11(12)20/h3-9H,1-2H3,(H,23,24)/b14-9+. The SMILES string of the molecule is COc1ccc(/C=C2/SC(=O)N(c3ccccc3F)C2=O)c(C(=O)O)c1OC. The fraction of sp³-hybridized carbons (Fsp3) is 0.105. The van der Waals surface area contributed by atoms with Crippen molar-refractivity contribution >= 4 is 40.6 Å². The Balaban J connectivity index is 2.08. The van der Waals surface area contributed by atoms with Gasteiger partial charge in [0.2, 0.25) is 0 Å². The van der Waals surface area contributed by atoms with E-state index in [9.17, 15) is 23.9 Å². The van der Waals surface area contributed by atoms with Gasteiger partial charge in [-0.1, -0.05) is 18.2 Å². The number of halogens is 1. The van der Waals surface area contributed by atoms with Crippen LogP contribution < -0.4 is 14.4 Å². The number of rotatable bonds is 5. The fourth-order valence-electron chi connectivity index (χ4n) is 2.73. The molecule has 0 spiro atoms. The minimum Gasteiger partial charge on any atom is -0.493 e. The summed E-state index contributed by atoms with van der Waals surface area (Å²) in [6.07, 6.45) is 1.26. The minimum absolute atomic E-state index is 0.0166. The van der Waals surface area contributed by atoms with Gasteiger partial charge in [0.1, 0.15) is 11.4 Å². The molecule has 28 heavy (non-hydrogen) atoms. The second kappa shape index (κ2) is 7.73. The Morgan fingerprint density at radius 1 is 1.14 bits per heavy atom. The average Bonchev–Trinajstić information content (AvgIpc) is 2.94. The normalized spacial score (nSPS) is 15.2. The summed E-state index contributed by atoms with van der Waals surface area (Å²) in [6, 6.07) is 8.31. The number of aromatic carboxylic acids is 1. The van der Waals surface area contributed by atoms with E-state index in [-0.39, 0.29) is 33.2 Å². The van der Waals surface area contributed by atoms with Crippen LogP contribution in [0.2, 0.25) is 0 Å². The van der Waals surface area contributed by atoms with E-state index in [4.69, 9.17) is 9.47 Å². The molecule has 7 nitrogen and oxygen atoms in total. The van der Waals surface area contributed by atoms with Crippen LogP contribution in [0.4, 0.5) is 14.9 Å². The zero-order valence-corrected chi connectivity index (χ0v) is 15.6.